The maximum Gasteiger partial charge on any atom is 0.129 e. The van der Waals surface area contributed by atoms with Crippen molar-refractivity contribution >= 4 is 5.78 Å². The van der Waals surface area contributed by atoms with Gasteiger partial charge in [0.25, 0.3) is 0 Å². The fraction of sp³-hybridized carbons (Fsp3) is 0.533. The van der Waals surface area contributed by atoms with Crippen molar-refractivity contribution in [2.45, 2.75) is 47.0 Å². The Morgan fingerprint density at radius 3 is 2.41 bits per heavy atom. The summed E-state index contributed by atoms with van der Waals surface area (Å²) < 4.78 is 5.40. The number of hydrogen-bond acceptors (Lipinski definition) is 2. The van der Waals surface area contributed by atoms with Gasteiger partial charge in [0.15, 0.2) is 0 Å². The van der Waals surface area contributed by atoms with E-state index in [1.807, 2.05) is 0 Å². The third-order valence-electron chi connectivity index (χ3n) is 3.31. The molecule has 94 valence electrons. The Labute approximate surface area is 104 Å². The zero-order valence-electron chi connectivity index (χ0n) is 11.5. The molecule has 0 atom stereocenters. The van der Waals surface area contributed by atoms with Gasteiger partial charge in [-0.3, -0.25) is 0 Å². The second-order valence-corrected chi connectivity index (χ2v) is 4.69. The average Bonchev–Trinajstić information content (AvgIpc) is 2.25. The summed E-state index contributed by atoms with van der Waals surface area (Å²) in [5.74, 6) is 1.25. The van der Waals surface area contributed by atoms with Gasteiger partial charge >= 0.3 is 0 Å². The Morgan fingerprint density at radius 1 is 1.24 bits per heavy atom. The first-order chi connectivity index (χ1) is 7.97. The molecule has 0 aliphatic heterocycles. The second-order valence-electron chi connectivity index (χ2n) is 4.69. The molecule has 0 amide bonds. The van der Waals surface area contributed by atoms with Gasteiger partial charge in [0, 0.05) is 6.42 Å². The Bertz CT molecular complexity index is 419. The lowest BCUT2D eigenvalue weighted by molar-refractivity contribution is -0.117. The van der Waals surface area contributed by atoms with Crippen LogP contribution >= 0.6 is 0 Å². The van der Waals surface area contributed by atoms with E-state index in [1.54, 1.807) is 14.0 Å². The standard InChI is InChI=1S/C15H22O2/c1-10-9-14(8-6-7-11(2)16)12(3)13(4)15(10)17-5/h9H,6-8H2,1-5H3. The second kappa shape index (κ2) is 5.85. The highest BCUT2D eigenvalue weighted by Crippen LogP contribution is 2.29. The van der Waals surface area contributed by atoms with E-state index in [0.717, 1.165) is 18.6 Å². The molecule has 0 heterocycles. The van der Waals surface area contributed by atoms with Crippen LogP contribution in [0.5, 0.6) is 5.75 Å². The molecule has 2 heteroatoms. The van der Waals surface area contributed by atoms with Gasteiger partial charge in [-0.05, 0) is 62.8 Å². The highest BCUT2D eigenvalue weighted by Gasteiger charge is 2.10. The van der Waals surface area contributed by atoms with E-state index in [2.05, 4.69) is 26.8 Å². The van der Waals surface area contributed by atoms with E-state index in [0.29, 0.717) is 6.42 Å². The number of carbonyl (C=O) groups is 1. The number of rotatable bonds is 5. The lowest BCUT2D eigenvalue weighted by Crippen LogP contribution is -2.00. The molecule has 17 heavy (non-hydrogen) atoms. The quantitative estimate of drug-likeness (QED) is 0.779. The monoisotopic (exact) mass is 234 g/mol. The molecular formula is C15H22O2. The van der Waals surface area contributed by atoms with Crippen molar-refractivity contribution in [3.63, 3.8) is 0 Å². The summed E-state index contributed by atoms with van der Waals surface area (Å²) in [6, 6.07) is 2.18. The number of ether oxygens (including phenoxy) is 1. The minimum atomic E-state index is 0.268. The summed E-state index contributed by atoms with van der Waals surface area (Å²) in [4.78, 5) is 10.9. The van der Waals surface area contributed by atoms with Crippen LogP contribution in [0.25, 0.3) is 0 Å². The number of carbonyl (C=O) groups excluding carboxylic acids is 1. The lowest BCUT2D eigenvalue weighted by Gasteiger charge is -2.15. The molecular weight excluding hydrogens is 212 g/mol. The van der Waals surface area contributed by atoms with Gasteiger partial charge in [-0.1, -0.05) is 6.07 Å². The highest BCUT2D eigenvalue weighted by atomic mass is 16.5. The van der Waals surface area contributed by atoms with Gasteiger partial charge in [0.2, 0.25) is 0 Å². The van der Waals surface area contributed by atoms with Gasteiger partial charge in [-0.2, -0.15) is 0 Å². The number of hydrogen-bond donors (Lipinski definition) is 0. The van der Waals surface area contributed by atoms with E-state index >= 15 is 0 Å². The van der Waals surface area contributed by atoms with Gasteiger partial charge in [0.05, 0.1) is 7.11 Å². The molecule has 0 aliphatic rings. The molecule has 1 rings (SSSR count). The van der Waals surface area contributed by atoms with Crippen LogP contribution in [0, 0.1) is 20.8 Å². The summed E-state index contributed by atoms with van der Waals surface area (Å²) in [5, 5.41) is 0. The summed E-state index contributed by atoms with van der Waals surface area (Å²) in [7, 11) is 1.71. The van der Waals surface area contributed by atoms with Crippen LogP contribution in [0.1, 0.15) is 42.0 Å². The predicted octanol–water partition coefficient (Wildman–Crippen LogP) is 3.53. The third kappa shape index (κ3) is 3.32. The fourth-order valence-corrected chi connectivity index (χ4v) is 2.24. The van der Waals surface area contributed by atoms with Crippen LogP contribution in [0.15, 0.2) is 6.07 Å². The molecule has 1 aromatic rings. The molecule has 1 aromatic carbocycles. The van der Waals surface area contributed by atoms with E-state index in [-0.39, 0.29) is 5.78 Å². The normalized spacial score (nSPS) is 10.4. The Morgan fingerprint density at radius 2 is 1.88 bits per heavy atom. The van der Waals surface area contributed by atoms with Gasteiger partial charge in [0.1, 0.15) is 11.5 Å². The summed E-state index contributed by atoms with van der Waals surface area (Å²) in [6.07, 6.45) is 2.57. The first-order valence-corrected chi connectivity index (χ1v) is 6.10. The van der Waals surface area contributed by atoms with Crippen LogP contribution in [-0.2, 0) is 11.2 Å². The Balaban J connectivity index is 2.90. The van der Waals surface area contributed by atoms with Crippen LogP contribution in [0.4, 0.5) is 0 Å². The van der Waals surface area contributed by atoms with Crippen LogP contribution in [0.2, 0.25) is 0 Å². The molecule has 0 spiro atoms. The smallest absolute Gasteiger partial charge is 0.129 e. The topological polar surface area (TPSA) is 26.3 Å². The van der Waals surface area contributed by atoms with Crippen molar-refractivity contribution in [2.24, 2.45) is 0 Å². The predicted molar refractivity (Wildman–Crippen MR) is 70.8 cm³/mol. The molecule has 0 aliphatic carbocycles. The maximum atomic E-state index is 10.9. The summed E-state index contributed by atoms with van der Waals surface area (Å²) in [5.41, 5.74) is 5.01. The average molecular weight is 234 g/mol. The maximum absolute atomic E-state index is 10.9. The Kier molecular flexibility index (Phi) is 4.73. The molecule has 2 nitrogen and oxygen atoms in total. The van der Waals surface area contributed by atoms with Gasteiger partial charge in [-0.25, -0.2) is 0 Å². The van der Waals surface area contributed by atoms with Crippen molar-refractivity contribution in [3.8, 4) is 5.75 Å². The summed E-state index contributed by atoms with van der Waals surface area (Å²) >= 11 is 0. The minimum absolute atomic E-state index is 0.268. The highest BCUT2D eigenvalue weighted by molar-refractivity contribution is 5.75. The zero-order chi connectivity index (χ0) is 13.0. The number of aryl methyl sites for hydroxylation is 2. The molecule has 0 saturated heterocycles. The van der Waals surface area contributed by atoms with E-state index < -0.39 is 0 Å². The van der Waals surface area contributed by atoms with Gasteiger partial charge < -0.3 is 9.53 Å². The van der Waals surface area contributed by atoms with Crippen molar-refractivity contribution in [2.75, 3.05) is 7.11 Å². The van der Waals surface area contributed by atoms with E-state index in [1.165, 1.54) is 22.3 Å². The largest absolute Gasteiger partial charge is 0.496 e. The van der Waals surface area contributed by atoms with Crippen molar-refractivity contribution in [1.82, 2.24) is 0 Å². The zero-order valence-corrected chi connectivity index (χ0v) is 11.5. The van der Waals surface area contributed by atoms with Gasteiger partial charge in [-0.15, -0.1) is 0 Å². The molecule has 0 radical (unpaired) electrons. The lowest BCUT2D eigenvalue weighted by atomic mass is 9.95. The molecule has 0 bridgehead atoms. The molecule has 0 N–H and O–H groups in total. The fourth-order valence-electron chi connectivity index (χ4n) is 2.24. The summed E-state index contributed by atoms with van der Waals surface area (Å²) in [6.45, 7) is 7.94. The van der Waals surface area contributed by atoms with Crippen molar-refractivity contribution in [3.05, 3.63) is 28.3 Å². The van der Waals surface area contributed by atoms with Crippen LogP contribution in [0.3, 0.4) is 0 Å². The molecule has 0 fully saturated rings. The van der Waals surface area contributed by atoms with Crippen molar-refractivity contribution in [1.29, 1.82) is 0 Å². The minimum Gasteiger partial charge on any atom is -0.496 e. The molecule has 0 unspecified atom stereocenters. The first-order valence-electron chi connectivity index (χ1n) is 6.10. The molecule has 0 saturated carbocycles. The van der Waals surface area contributed by atoms with Crippen LogP contribution in [-0.4, -0.2) is 12.9 Å². The first kappa shape index (κ1) is 13.8. The third-order valence-corrected chi connectivity index (χ3v) is 3.31. The number of methoxy groups -OCH3 is 1. The van der Waals surface area contributed by atoms with Crippen LogP contribution < -0.4 is 4.74 Å². The number of benzene rings is 1. The number of ketones is 1. The SMILES string of the molecule is COc1c(C)cc(CCCC(C)=O)c(C)c1C. The number of Topliss-reactive ketones (excluding diaryl/α,β-unsaturated/α-hetero) is 1. The molecule has 0 aromatic heterocycles. The Hall–Kier alpha value is -1.31. The van der Waals surface area contributed by atoms with E-state index in [4.69, 9.17) is 4.74 Å². The van der Waals surface area contributed by atoms with Crippen molar-refractivity contribution < 1.29 is 9.53 Å². The van der Waals surface area contributed by atoms with E-state index in [9.17, 15) is 4.79 Å².